The van der Waals surface area contributed by atoms with E-state index in [1.54, 1.807) is 19.1 Å². The maximum absolute atomic E-state index is 11.2. The van der Waals surface area contributed by atoms with Crippen molar-refractivity contribution < 1.29 is 19.2 Å². The molecule has 1 unspecified atom stereocenters. The van der Waals surface area contributed by atoms with Gasteiger partial charge in [-0.05, 0) is 146 Å². The number of Topliss-reactive ketones (excluding diaryl/α,β-unsaturated/α-hetero) is 1. The fourth-order valence-corrected chi connectivity index (χ4v) is 5.55. The van der Waals surface area contributed by atoms with Crippen molar-refractivity contribution in [3.05, 3.63) is 64.2 Å². The molecule has 0 saturated carbocycles. The average molecular weight is 582 g/mol. The molecule has 8 nitrogen and oxygen atoms in total. The van der Waals surface area contributed by atoms with Gasteiger partial charge in [-0.3, -0.25) is 14.9 Å². The van der Waals surface area contributed by atoms with Gasteiger partial charge in [0.15, 0.2) is 5.78 Å². The quantitative estimate of drug-likeness (QED) is 0.0883. The van der Waals surface area contributed by atoms with Gasteiger partial charge in [0, 0.05) is 24.2 Å². The summed E-state index contributed by atoms with van der Waals surface area (Å²) in [4.78, 5) is 26.4. The monoisotopic (exact) mass is 581 g/mol. The number of piperidine rings is 1. The van der Waals surface area contributed by atoms with Crippen molar-refractivity contribution in [2.24, 2.45) is 5.92 Å². The number of nitro benzene ring substituents is 1. The van der Waals surface area contributed by atoms with Gasteiger partial charge < -0.3 is 19.3 Å². The molecule has 8 heteroatoms. The number of rotatable bonds is 16. The molecule has 2 heterocycles. The zero-order chi connectivity index (χ0) is 30.0. The fraction of sp³-hybridized carbons (Fsp3) is 0.618. The van der Waals surface area contributed by atoms with Gasteiger partial charge in [-0.15, -0.1) is 0 Å². The van der Waals surface area contributed by atoms with Crippen LogP contribution in [0.15, 0.2) is 48.5 Å². The number of hydrogen-bond acceptors (Lipinski definition) is 7. The SMILES string of the molecule is CC(=O)c1ccc(OCCCCCN2CCCC2)cc1.CC1CCCN(CCCCCOc2ccc([N+](=O)[O-])cc2)C1. The number of carbonyl (C=O) groups excluding carboxylic acids is 1. The summed E-state index contributed by atoms with van der Waals surface area (Å²) < 4.78 is 11.3. The van der Waals surface area contributed by atoms with Gasteiger partial charge in [0.2, 0.25) is 0 Å². The lowest BCUT2D eigenvalue weighted by atomic mass is 10.00. The number of non-ortho nitro benzene ring substituents is 1. The molecule has 0 spiro atoms. The van der Waals surface area contributed by atoms with E-state index in [-0.39, 0.29) is 11.5 Å². The number of carbonyl (C=O) groups is 1. The summed E-state index contributed by atoms with van der Waals surface area (Å²) in [6.07, 6.45) is 12.5. The van der Waals surface area contributed by atoms with Crippen LogP contribution in [0.25, 0.3) is 0 Å². The largest absolute Gasteiger partial charge is 0.494 e. The van der Waals surface area contributed by atoms with Crippen LogP contribution < -0.4 is 9.47 Å². The van der Waals surface area contributed by atoms with Crippen molar-refractivity contribution in [2.45, 2.75) is 78.1 Å². The Morgan fingerprint density at radius 1 is 0.786 bits per heavy atom. The third kappa shape index (κ3) is 13.3. The Labute approximate surface area is 252 Å². The minimum atomic E-state index is -0.398. The van der Waals surface area contributed by atoms with Crippen LogP contribution in [0.3, 0.4) is 0 Å². The average Bonchev–Trinajstić information content (AvgIpc) is 3.51. The Kier molecular flexibility index (Phi) is 15.4. The predicted octanol–water partition coefficient (Wildman–Crippen LogP) is 7.41. The molecule has 42 heavy (non-hydrogen) atoms. The van der Waals surface area contributed by atoms with Crippen molar-refractivity contribution >= 4 is 11.5 Å². The Hall–Kier alpha value is -2.97. The smallest absolute Gasteiger partial charge is 0.269 e. The van der Waals surface area contributed by atoms with Crippen LogP contribution in [0, 0.1) is 16.0 Å². The second-order valence-corrected chi connectivity index (χ2v) is 11.7. The number of nitrogens with zero attached hydrogens (tertiary/aromatic N) is 3. The molecule has 2 fully saturated rings. The number of unbranched alkanes of at least 4 members (excludes halogenated alkanes) is 4. The molecular formula is C34H51N3O5. The number of benzene rings is 2. The van der Waals surface area contributed by atoms with Gasteiger partial charge in [-0.25, -0.2) is 0 Å². The number of ether oxygens (including phenoxy) is 2. The Morgan fingerprint density at radius 3 is 1.83 bits per heavy atom. The molecule has 0 radical (unpaired) electrons. The number of ketones is 1. The maximum Gasteiger partial charge on any atom is 0.269 e. The van der Waals surface area contributed by atoms with Gasteiger partial charge in [0.05, 0.1) is 18.1 Å². The number of hydrogen-bond donors (Lipinski definition) is 0. The molecule has 232 valence electrons. The van der Waals surface area contributed by atoms with Crippen molar-refractivity contribution in [1.29, 1.82) is 0 Å². The summed E-state index contributed by atoms with van der Waals surface area (Å²) in [6.45, 7) is 12.9. The summed E-state index contributed by atoms with van der Waals surface area (Å²) >= 11 is 0. The molecule has 2 saturated heterocycles. The third-order valence-corrected chi connectivity index (χ3v) is 8.02. The van der Waals surface area contributed by atoms with Gasteiger partial charge in [0.1, 0.15) is 11.5 Å². The summed E-state index contributed by atoms with van der Waals surface area (Å²) in [5.74, 6) is 2.50. The minimum absolute atomic E-state index is 0.0958. The first-order valence-electron chi connectivity index (χ1n) is 16.0. The van der Waals surface area contributed by atoms with E-state index >= 15 is 0 Å². The molecule has 2 aromatic carbocycles. The van der Waals surface area contributed by atoms with Crippen LogP contribution in [0.2, 0.25) is 0 Å². The Balaban J connectivity index is 0.000000231. The topological polar surface area (TPSA) is 85.2 Å². The van der Waals surface area contributed by atoms with Gasteiger partial charge in [-0.1, -0.05) is 6.92 Å². The lowest BCUT2D eigenvalue weighted by Gasteiger charge is -2.30. The van der Waals surface area contributed by atoms with Crippen LogP contribution in [0.5, 0.6) is 11.5 Å². The van der Waals surface area contributed by atoms with E-state index in [0.717, 1.165) is 43.1 Å². The molecule has 0 amide bonds. The highest BCUT2D eigenvalue weighted by Gasteiger charge is 2.15. The van der Waals surface area contributed by atoms with E-state index < -0.39 is 4.92 Å². The molecule has 4 rings (SSSR count). The van der Waals surface area contributed by atoms with E-state index in [0.29, 0.717) is 12.4 Å². The van der Waals surface area contributed by atoms with E-state index in [2.05, 4.69) is 16.7 Å². The van der Waals surface area contributed by atoms with Crippen LogP contribution in [0.4, 0.5) is 5.69 Å². The molecule has 2 aromatic rings. The van der Waals surface area contributed by atoms with Crippen LogP contribution in [-0.4, -0.2) is 73.0 Å². The van der Waals surface area contributed by atoms with Crippen molar-refractivity contribution in [3.8, 4) is 11.5 Å². The van der Waals surface area contributed by atoms with Crippen molar-refractivity contribution in [2.75, 3.05) is 52.5 Å². The van der Waals surface area contributed by atoms with Crippen molar-refractivity contribution in [3.63, 3.8) is 0 Å². The van der Waals surface area contributed by atoms with Crippen LogP contribution in [-0.2, 0) is 0 Å². The summed E-state index contributed by atoms with van der Waals surface area (Å²) in [7, 11) is 0. The molecule has 2 aliphatic heterocycles. The highest BCUT2D eigenvalue weighted by molar-refractivity contribution is 5.94. The number of nitro groups is 1. The molecule has 0 aromatic heterocycles. The van der Waals surface area contributed by atoms with E-state index in [1.165, 1.54) is 96.3 Å². The summed E-state index contributed by atoms with van der Waals surface area (Å²) in [5, 5.41) is 10.6. The lowest BCUT2D eigenvalue weighted by Crippen LogP contribution is -2.34. The second-order valence-electron chi connectivity index (χ2n) is 11.7. The van der Waals surface area contributed by atoms with Crippen LogP contribution >= 0.6 is 0 Å². The number of likely N-dealkylation sites (tertiary alicyclic amines) is 2. The summed E-state index contributed by atoms with van der Waals surface area (Å²) in [5.41, 5.74) is 0.839. The standard InChI is InChI=1S/C17H26N2O3.C17H25NO2/c1-15-6-5-12-18(14-15)11-3-2-4-13-22-17-9-7-16(8-10-17)19(20)21;1-15(19)16-7-9-17(10-8-16)20-14-6-2-3-11-18-12-4-5-13-18/h7-10,15H,2-6,11-14H2,1H3;7-10H,2-6,11-14H2,1H3. The predicted molar refractivity (Wildman–Crippen MR) is 169 cm³/mol. The molecule has 0 aliphatic carbocycles. The summed E-state index contributed by atoms with van der Waals surface area (Å²) in [6, 6.07) is 13.7. The van der Waals surface area contributed by atoms with E-state index in [4.69, 9.17) is 9.47 Å². The zero-order valence-corrected chi connectivity index (χ0v) is 25.8. The van der Waals surface area contributed by atoms with E-state index in [1.807, 2.05) is 24.3 Å². The van der Waals surface area contributed by atoms with Gasteiger partial charge >= 0.3 is 0 Å². The zero-order valence-electron chi connectivity index (χ0n) is 25.8. The molecule has 2 aliphatic rings. The molecule has 1 atom stereocenters. The third-order valence-electron chi connectivity index (χ3n) is 8.02. The fourth-order valence-electron chi connectivity index (χ4n) is 5.55. The lowest BCUT2D eigenvalue weighted by molar-refractivity contribution is -0.384. The minimum Gasteiger partial charge on any atom is -0.494 e. The van der Waals surface area contributed by atoms with Gasteiger partial charge in [0.25, 0.3) is 5.69 Å². The first kappa shape index (κ1) is 33.5. The first-order valence-corrected chi connectivity index (χ1v) is 16.0. The normalized spacial score (nSPS) is 17.3. The van der Waals surface area contributed by atoms with Crippen molar-refractivity contribution in [1.82, 2.24) is 9.80 Å². The Bertz CT molecular complexity index is 1040. The Morgan fingerprint density at radius 2 is 1.31 bits per heavy atom. The molecule has 0 N–H and O–H groups in total. The highest BCUT2D eigenvalue weighted by atomic mass is 16.6. The first-order chi connectivity index (χ1) is 20.4. The van der Waals surface area contributed by atoms with Gasteiger partial charge in [-0.2, -0.15) is 0 Å². The molecular weight excluding hydrogens is 530 g/mol. The highest BCUT2D eigenvalue weighted by Crippen LogP contribution is 2.19. The van der Waals surface area contributed by atoms with E-state index in [9.17, 15) is 14.9 Å². The maximum atomic E-state index is 11.2. The molecule has 0 bridgehead atoms. The second kappa shape index (κ2) is 19.3. The van der Waals surface area contributed by atoms with Crippen LogP contribution in [0.1, 0.15) is 88.4 Å².